The molecular formula is C13H19ClN2O2. The minimum Gasteiger partial charge on any atom is -0.383 e. The summed E-state index contributed by atoms with van der Waals surface area (Å²) in [4.78, 5) is 11.8. The zero-order valence-electron chi connectivity index (χ0n) is 10.7. The zero-order valence-corrected chi connectivity index (χ0v) is 11.4. The second-order valence-corrected chi connectivity index (χ2v) is 4.52. The van der Waals surface area contributed by atoms with Crippen LogP contribution in [0.1, 0.15) is 24.9 Å². The Kier molecular flexibility index (Phi) is 6.12. The summed E-state index contributed by atoms with van der Waals surface area (Å²) >= 11 is 5.83. The molecule has 5 heteroatoms. The lowest BCUT2D eigenvalue weighted by atomic mass is 10.0. The molecule has 0 aliphatic heterocycles. The molecule has 1 aromatic rings. The number of carbonyl (C=O) groups is 1. The predicted molar refractivity (Wildman–Crippen MR) is 72.5 cm³/mol. The van der Waals surface area contributed by atoms with Gasteiger partial charge in [0.15, 0.2) is 0 Å². The Morgan fingerprint density at radius 3 is 2.56 bits per heavy atom. The summed E-state index contributed by atoms with van der Waals surface area (Å²) in [7, 11) is 1.52. The number of amides is 1. The molecule has 100 valence electrons. The maximum absolute atomic E-state index is 11.8. The third-order valence-corrected chi connectivity index (χ3v) is 2.93. The predicted octanol–water partition coefficient (Wildman–Crippen LogP) is 1.88. The molecule has 0 spiro atoms. The molecule has 0 aliphatic carbocycles. The van der Waals surface area contributed by atoms with E-state index in [1.807, 2.05) is 19.1 Å². The average molecular weight is 271 g/mol. The van der Waals surface area contributed by atoms with Crippen LogP contribution in [-0.2, 0) is 9.53 Å². The third kappa shape index (κ3) is 4.29. The van der Waals surface area contributed by atoms with Crippen molar-refractivity contribution in [3.8, 4) is 0 Å². The molecule has 0 saturated heterocycles. The third-order valence-electron chi connectivity index (χ3n) is 2.68. The molecule has 0 bridgehead atoms. The van der Waals surface area contributed by atoms with Crippen molar-refractivity contribution in [2.24, 2.45) is 5.73 Å². The Morgan fingerprint density at radius 2 is 2.06 bits per heavy atom. The Balaban J connectivity index is 2.67. The molecule has 3 N–H and O–H groups in total. The standard InChI is InChI=1S/C13H19ClN2O2/c1-3-12(9-4-6-10(14)7-5-9)16-13(17)11(15)8-18-2/h4-7,11-12H,3,8,15H2,1-2H3,(H,16,17). The van der Waals surface area contributed by atoms with E-state index in [4.69, 9.17) is 22.1 Å². The first-order chi connectivity index (χ1) is 8.58. The zero-order chi connectivity index (χ0) is 13.5. The van der Waals surface area contributed by atoms with Gasteiger partial charge in [0.05, 0.1) is 12.6 Å². The van der Waals surface area contributed by atoms with Crippen molar-refractivity contribution in [1.29, 1.82) is 0 Å². The van der Waals surface area contributed by atoms with Gasteiger partial charge in [0.2, 0.25) is 5.91 Å². The highest BCUT2D eigenvalue weighted by molar-refractivity contribution is 6.30. The van der Waals surface area contributed by atoms with Crippen LogP contribution in [0.2, 0.25) is 5.02 Å². The van der Waals surface area contributed by atoms with E-state index < -0.39 is 6.04 Å². The molecule has 2 atom stereocenters. The van der Waals surface area contributed by atoms with Crippen molar-refractivity contribution < 1.29 is 9.53 Å². The minimum absolute atomic E-state index is 0.0577. The molecule has 1 amide bonds. The summed E-state index contributed by atoms with van der Waals surface area (Å²) in [6.07, 6.45) is 0.785. The van der Waals surface area contributed by atoms with Gasteiger partial charge in [-0.25, -0.2) is 0 Å². The van der Waals surface area contributed by atoms with Crippen molar-refractivity contribution in [3.05, 3.63) is 34.9 Å². The lowest BCUT2D eigenvalue weighted by Gasteiger charge is -2.20. The highest BCUT2D eigenvalue weighted by Gasteiger charge is 2.17. The summed E-state index contributed by atoms with van der Waals surface area (Å²) in [5.74, 6) is -0.210. The van der Waals surface area contributed by atoms with Gasteiger partial charge in [-0.05, 0) is 24.1 Å². The van der Waals surface area contributed by atoms with E-state index in [1.54, 1.807) is 12.1 Å². The number of methoxy groups -OCH3 is 1. The first kappa shape index (κ1) is 15.0. The molecule has 0 radical (unpaired) electrons. The summed E-state index contributed by atoms with van der Waals surface area (Å²) in [5.41, 5.74) is 6.69. The molecule has 0 fully saturated rings. The molecule has 0 aromatic heterocycles. The number of hydrogen-bond donors (Lipinski definition) is 2. The van der Waals surface area contributed by atoms with Gasteiger partial charge in [-0.3, -0.25) is 4.79 Å². The quantitative estimate of drug-likeness (QED) is 0.830. The molecule has 0 saturated carbocycles. The van der Waals surface area contributed by atoms with E-state index in [1.165, 1.54) is 7.11 Å². The normalized spacial score (nSPS) is 14.0. The summed E-state index contributed by atoms with van der Waals surface area (Å²) in [6, 6.07) is 6.72. The van der Waals surface area contributed by atoms with E-state index in [0.717, 1.165) is 12.0 Å². The van der Waals surface area contributed by atoms with Gasteiger partial charge in [-0.2, -0.15) is 0 Å². The molecule has 0 aliphatic rings. The van der Waals surface area contributed by atoms with Gasteiger partial charge in [0, 0.05) is 12.1 Å². The highest BCUT2D eigenvalue weighted by Crippen LogP contribution is 2.19. The van der Waals surface area contributed by atoms with Gasteiger partial charge in [0.1, 0.15) is 6.04 Å². The fourth-order valence-corrected chi connectivity index (χ4v) is 1.78. The maximum Gasteiger partial charge on any atom is 0.239 e. The van der Waals surface area contributed by atoms with Crippen LogP contribution in [-0.4, -0.2) is 25.7 Å². The van der Waals surface area contributed by atoms with Crippen LogP contribution in [0.25, 0.3) is 0 Å². The summed E-state index contributed by atoms with van der Waals surface area (Å²) < 4.78 is 4.86. The largest absolute Gasteiger partial charge is 0.383 e. The Labute approximate surface area is 112 Å². The van der Waals surface area contributed by atoms with E-state index in [-0.39, 0.29) is 18.6 Å². The number of halogens is 1. The molecule has 1 aromatic carbocycles. The number of ether oxygens (including phenoxy) is 1. The lowest BCUT2D eigenvalue weighted by Crippen LogP contribution is -2.44. The highest BCUT2D eigenvalue weighted by atomic mass is 35.5. The first-order valence-electron chi connectivity index (χ1n) is 5.88. The smallest absolute Gasteiger partial charge is 0.239 e. The van der Waals surface area contributed by atoms with Crippen LogP contribution in [0.3, 0.4) is 0 Å². The van der Waals surface area contributed by atoms with E-state index in [0.29, 0.717) is 5.02 Å². The number of carbonyl (C=O) groups excluding carboxylic acids is 1. The molecule has 2 unspecified atom stereocenters. The number of hydrogen-bond acceptors (Lipinski definition) is 3. The Bertz CT molecular complexity index is 381. The number of rotatable bonds is 6. The van der Waals surface area contributed by atoms with Gasteiger partial charge >= 0.3 is 0 Å². The van der Waals surface area contributed by atoms with Crippen molar-refractivity contribution >= 4 is 17.5 Å². The number of nitrogens with one attached hydrogen (secondary N) is 1. The lowest BCUT2D eigenvalue weighted by molar-refractivity contribution is -0.124. The van der Waals surface area contributed by atoms with Crippen LogP contribution >= 0.6 is 11.6 Å². The molecule has 4 nitrogen and oxygen atoms in total. The van der Waals surface area contributed by atoms with Crippen LogP contribution in [0.15, 0.2) is 24.3 Å². The fourth-order valence-electron chi connectivity index (χ4n) is 1.65. The second kappa shape index (κ2) is 7.36. The van der Waals surface area contributed by atoms with E-state index >= 15 is 0 Å². The van der Waals surface area contributed by atoms with Crippen molar-refractivity contribution in [1.82, 2.24) is 5.32 Å². The van der Waals surface area contributed by atoms with Crippen molar-refractivity contribution in [3.63, 3.8) is 0 Å². The molecule has 1 rings (SSSR count). The van der Waals surface area contributed by atoms with Crippen LogP contribution < -0.4 is 11.1 Å². The SMILES string of the molecule is CCC(NC(=O)C(N)COC)c1ccc(Cl)cc1. The first-order valence-corrected chi connectivity index (χ1v) is 6.26. The summed E-state index contributed by atoms with van der Waals surface area (Å²) in [6.45, 7) is 2.21. The van der Waals surface area contributed by atoms with Gasteiger partial charge in [-0.15, -0.1) is 0 Å². The number of nitrogens with two attached hydrogens (primary N) is 1. The Hall–Kier alpha value is -1.10. The second-order valence-electron chi connectivity index (χ2n) is 4.08. The molecule has 0 heterocycles. The maximum atomic E-state index is 11.8. The van der Waals surface area contributed by atoms with Gasteiger partial charge < -0.3 is 15.8 Å². The van der Waals surface area contributed by atoms with Crippen LogP contribution in [0, 0.1) is 0 Å². The van der Waals surface area contributed by atoms with Crippen LogP contribution in [0.5, 0.6) is 0 Å². The topological polar surface area (TPSA) is 64.4 Å². The number of benzene rings is 1. The van der Waals surface area contributed by atoms with E-state index in [9.17, 15) is 4.79 Å². The average Bonchev–Trinajstić information content (AvgIpc) is 2.37. The van der Waals surface area contributed by atoms with Crippen molar-refractivity contribution in [2.45, 2.75) is 25.4 Å². The van der Waals surface area contributed by atoms with Crippen molar-refractivity contribution in [2.75, 3.05) is 13.7 Å². The fraction of sp³-hybridized carbons (Fsp3) is 0.462. The summed E-state index contributed by atoms with van der Waals surface area (Å²) in [5, 5.41) is 3.58. The minimum atomic E-state index is -0.642. The van der Waals surface area contributed by atoms with E-state index in [2.05, 4.69) is 5.32 Å². The van der Waals surface area contributed by atoms with Gasteiger partial charge in [-0.1, -0.05) is 30.7 Å². The van der Waals surface area contributed by atoms with Gasteiger partial charge in [0.25, 0.3) is 0 Å². The molecule has 18 heavy (non-hydrogen) atoms. The molecular weight excluding hydrogens is 252 g/mol. The monoisotopic (exact) mass is 270 g/mol. The Morgan fingerprint density at radius 1 is 1.44 bits per heavy atom. The van der Waals surface area contributed by atoms with Crippen LogP contribution in [0.4, 0.5) is 0 Å².